The van der Waals surface area contributed by atoms with E-state index in [2.05, 4.69) is 20.6 Å². The minimum atomic E-state index is -0.0594. The first-order valence-electron chi connectivity index (χ1n) is 5.70. The highest BCUT2D eigenvalue weighted by Gasteiger charge is 2.11. The van der Waals surface area contributed by atoms with Crippen molar-refractivity contribution in [3.05, 3.63) is 53.2 Å². The molecule has 0 aliphatic rings. The van der Waals surface area contributed by atoms with Crippen molar-refractivity contribution < 1.29 is 0 Å². The van der Waals surface area contributed by atoms with Crippen molar-refractivity contribution in [2.75, 3.05) is 0 Å². The molecule has 5 heteroatoms. The molecule has 2 N–H and O–H groups in total. The second-order valence-electron chi connectivity index (χ2n) is 4.12. The van der Waals surface area contributed by atoms with Gasteiger partial charge in [0.2, 0.25) is 0 Å². The lowest BCUT2D eigenvalue weighted by molar-refractivity contribution is 0.737. The SMILES string of the molecule is NC(Cc1ccnc2ccccc12)c1cnns1. The zero-order chi connectivity index (χ0) is 12.4. The monoisotopic (exact) mass is 256 g/mol. The van der Waals surface area contributed by atoms with Gasteiger partial charge in [-0.25, -0.2) is 0 Å². The summed E-state index contributed by atoms with van der Waals surface area (Å²) in [6.07, 6.45) is 4.33. The van der Waals surface area contributed by atoms with Crippen LogP contribution in [0.25, 0.3) is 10.9 Å². The van der Waals surface area contributed by atoms with E-state index >= 15 is 0 Å². The van der Waals surface area contributed by atoms with Crippen molar-refractivity contribution in [3.8, 4) is 0 Å². The van der Waals surface area contributed by atoms with Crippen LogP contribution in [0.3, 0.4) is 0 Å². The van der Waals surface area contributed by atoms with E-state index in [-0.39, 0.29) is 6.04 Å². The smallest absolute Gasteiger partial charge is 0.0704 e. The molecule has 0 spiro atoms. The van der Waals surface area contributed by atoms with E-state index in [0.717, 1.165) is 22.2 Å². The van der Waals surface area contributed by atoms with E-state index in [9.17, 15) is 0 Å². The molecular formula is C13H12N4S. The fraction of sp³-hybridized carbons (Fsp3) is 0.154. The number of fused-ring (bicyclic) bond motifs is 1. The van der Waals surface area contributed by atoms with Gasteiger partial charge in [-0.15, -0.1) is 5.10 Å². The Morgan fingerprint density at radius 2 is 2.11 bits per heavy atom. The van der Waals surface area contributed by atoms with E-state index in [1.807, 2.05) is 30.5 Å². The number of hydrogen-bond acceptors (Lipinski definition) is 5. The summed E-state index contributed by atoms with van der Waals surface area (Å²) in [6.45, 7) is 0. The van der Waals surface area contributed by atoms with Gasteiger partial charge in [-0.1, -0.05) is 22.7 Å². The van der Waals surface area contributed by atoms with Crippen LogP contribution in [-0.2, 0) is 6.42 Å². The van der Waals surface area contributed by atoms with E-state index in [1.54, 1.807) is 6.20 Å². The Labute approximate surface area is 109 Å². The molecule has 4 nitrogen and oxygen atoms in total. The lowest BCUT2D eigenvalue weighted by Gasteiger charge is -2.10. The summed E-state index contributed by atoms with van der Waals surface area (Å²) in [5.41, 5.74) is 8.39. The Morgan fingerprint density at radius 3 is 2.94 bits per heavy atom. The van der Waals surface area contributed by atoms with Crippen LogP contribution >= 0.6 is 11.5 Å². The van der Waals surface area contributed by atoms with Gasteiger partial charge in [-0.3, -0.25) is 4.98 Å². The van der Waals surface area contributed by atoms with Gasteiger partial charge < -0.3 is 5.73 Å². The minimum Gasteiger partial charge on any atom is -0.323 e. The number of nitrogens with two attached hydrogens (primary N) is 1. The Bertz CT molecular complexity index is 646. The van der Waals surface area contributed by atoms with Crippen LogP contribution < -0.4 is 5.73 Å². The first kappa shape index (κ1) is 11.3. The van der Waals surface area contributed by atoms with E-state index in [4.69, 9.17) is 5.73 Å². The highest BCUT2D eigenvalue weighted by Crippen LogP contribution is 2.22. The topological polar surface area (TPSA) is 64.7 Å². The molecule has 0 saturated heterocycles. The van der Waals surface area contributed by atoms with Crippen LogP contribution in [0, 0.1) is 0 Å². The third-order valence-electron chi connectivity index (χ3n) is 2.92. The van der Waals surface area contributed by atoms with Crippen LogP contribution in [0.15, 0.2) is 42.7 Å². The van der Waals surface area contributed by atoms with Crippen molar-refractivity contribution in [2.24, 2.45) is 5.73 Å². The quantitative estimate of drug-likeness (QED) is 0.781. The maximum atomic E-state index is 6.17. The second kappa shape index (κ2) is 4.80. The Balaban J connectivity index is 1.95. The van der Waals surface area contributed by atoms with Gasteiger partial charge in [-0.05, 0) is 35.6 Å². The van der Waals surface area contributed by atoms with Crippen LogP contribution in [0.4, 0.5) is 0 Å². The highest BCUT2D eigenvalue weighted by molar-refractivity contribution is 7.05. The zero-order valence-electron chi connectivity index (χ0n) is 9.65. The average molecular weight is 256 g/mol. The number of hydrogen-bond donors (Lipinski definition) is 1. The van der Waals surface area contributed by atoms with Gasteiger partial charge in [-0.2, -0.15) is 0 Å². The maximum Gasteiger partial charge on any atom is 0.0704 e. The lowest BCUT2D eigenvalue weighted by atomic mass is 10.0. The molecular weight excluding hydrogens is 244 g/mol. The Hall–Kier alpha value is -1.85. The molecule has 2 heterocycles. The fourth-order valence-electron chi connectivity index (χ4n) is 2.01. The van der Waals surface area contributed by atoms with Gasteiger partial charge in [0.25, 0.3) is 0 Å². The van der Waals surface area contributed by atoms with Crippen molar-refractivity contribution in [1.29, 1.82) is 0 Å². The molecule has 18 heavy (non-hydrogen) atoms. The van der Waals surface area contributed by atoms with Crippen molar-refractivity contribution in [3.63, 3.8) is 0 Å². The summed E-state index contributed by atoms with van der Waals surface area (Å²) in [6, 6.07) is 10.1. The van der Waals surface area contributed by atoms with Crippen molar-refractivity contribution >= 4 is 22.4 Å². The third-order valence-corrected chi connectivity index (χ3v) is 3.72. The number of aromatic nitrogens is 3. The van der Waals surface area contributed by atoms with Gasteiger partial charge in [0.05, 0.1) is 16.6 Å². The van der Waals surface area contributed by atoms with Gasteiger partial charge >= 0.3 is 0 Å². The van der Waals surface area contributed by atoms with E-state index in [1.165, 1.54) is 17.1 Å². The minimum absolute atomic E-state index is 0.0594. The summed E-state index contributed by atoms with van der Waals surface area (Å²) >= 11 is 1.35. The predicted octanol–water partition coefficient (Wildman–Crippen LogP) is 2.33. The molecule has 2 aromatic heterocycles. The first-order chi connectivity index (χ1) is 8.84. The third kappa shape index (κ3) is 2.10. The molecule has 0 aliphatic heterocycles. The molecule has 0 bridgehead atoms. The number of rotatable bonds is 3. The van der Waals surface area contributed by atoms with Crippen molar-refractivity contribution in [2.45, 2.75) is 12.5 Å². The van der Waals surface area contributed by atoms with E-state index < -0.39 is 0 Å². The average Bonchev–Trinajstić information content (AvgIpc) is 2.93. The van der Waals surface area contributed by atoms with Gasteiger partial charge in [0.15, 0.2) is 0 Å². The predicted molar refractivity (Wildman–Crippen MR) is 72.3 cm³/mol. The molecule has 1 aromatic carbocycles. The van der Waals surface area contributed by atoms with Gasteiger partial charge in [0.1, 0.15) is 0 Å². The molecule has 1 atom stereocenters. The lowest BCUT2D eigenvalue weighted by Crippen LogP contribution is -2.12. The highest BCUT2D eigenvalue weighted by atomic mass is 32.1. The van der Waals surface area contributed by atoms with Gasteiger partial charge in [0, 0.05) is 17.6 Å². The normalized spacial score (nSPS) is 12.7. The molecule has 0 amide bonds. The Kier molecular flexibility index (Phi) is 3.00. The molecule has 3 aromatic rings. The van der Waals surface area contributed by atoms with Crippen molar-refractivity contribution in [1.82, 2.24) is 14.6 Å². The van der Waals surface area contributed by atoms with Crippen LogP contribution in [0.1, 0.15) is 16.5 Å². The fourth-order valence-corrected chi connectivity index (χ4v) is 2.51. The number of nitrogens with zero attached hydrogens (tertiary/aromatic N) is 3. The second-order valence-corrected chi connectivity index (χ2v) is 4.93. The summed E-state index contributed by atoms with van der Waals surface area (Å²) < 4.78 is 3.85. The Morgan fingerprint density at radius 1 is 1.22 bits per heavy atom. The van der Waals surface area contributed by atoms with Crippen LogP contribution in [0.2, 0.25) is 0 Å². The molecule has 0 fully saturated rings. The van der Waals surface area contributed by atoms with E-state index in [0.29, 0.717) is 0 Å². The number of pyridine rings is 1. The van der Waals surface area contributed by atoms with Crippen LogP contribution in [-0.4, -0.2) is 14.6 Å². The summed E-state index contributed by atoms with van der Waals surface area (Å²) in [7, 11) is 0. The summed E-state index contributed by atoms with van der Waals surface area (Å²) in [5.74, 6) is 0. The number of benzene rings is 1. The largest absolute Gasteiger partial charge is 0.323 e. The number of para-hydroxylation sites is 1. The first-order valence-corrected chi connectivity index (χ1v) is 6.47. The summed E-state index contributed by atoms with van der Waals surface area (Å²) in [4.78, 5) is 5.36. The molecule has 1 unspecified atom stereocenters. The van der Waals surface area contributed by atoms with Crippen LogP contribution in [0.5, 0.6) is 0 Å². The summed E-state index contributed by atoms with van der Waals surface area (Å²) in [5, 5.41) is 4.98. The molecule has 0 radical (unpaired) electrons. The standard InChI is InChI=1S/C13H12N4S/c14-11(13-8-16-17-18-13)7-9-5-6-15-12-4-2-1-3-10(9)12/h1-6,8,11H,7,14H2. The molecule has 3 rings (SSSR count). The molecule has 0 saturated carbocycles. The molecule has 0 aliphatic carbocycles. The zero-order valence-corrected chi connectivity index (χ0v) is 10.5. The maximum absolute atomic E-state index is 6.17. The molecule has 90 valence electrons.